The summed E-state index contributed by atoms with van der Waals surface area (Å²) >= 11 is 0. The van der Waals surface area contributed by atoms with Gasteiger partial charge in [0.05, 0.1) is 6.07 Å². The second-order valence-electron chi connectivity index (χ2n) is 1.79. The van der Waals surface area contributed by atoms with Crippen LogP contribution in [0.3, 0.4) is 0 Å². The van der Waals surface area contributed by atoms with Crippen LogP contribution in [0.2, 0.25) is 0 Å². The topological polar surface area (TPSA) is 48.5 Å². The van der Waals surface area contributed by atoms with Crippen molar-refractivity contribution in [1.82, 2.24) is 0 Å². The van der Waals surface area contributed by atoms with Gasteiger partial charge >= 0.3 is 0 Å². The van der Waals surface area contributed by atoms with Crippen molar-refractivity contribution in [2.24, 2.45) is 10.2 Å². The van der Waals surface area contributed by atoms with Crippen LogP contribution in [0.25, 0.3) is 0 Å². The van der Waals surface area contributed by atoms with Gasteiger partial charge in [0.1, 0.15) is 6.54 Å². The highest BCUT2D eigenvalue weighted by Gasteiger charge is 2.28. The molecule has 0 radical (unpaired) electrons. The number of nitrogens with zero attached hydrogens (tertiary/aromatic N) is 3. The summed E-state index contributed by atoms with van der Waals surface area (Å²) in [7, 11) is 0. The maximum Gasteiger partial charge on any atom is 0.185 e. The predicted octanol–water partition coefficient (Wildman–Crippen LogP) is 0.734. The summed E-state index contributed by atoms with van der Waals surface area (Å²) in [5.74, 6) is 0. The zero-order valence-corrected chi connectivity index (χ0v) is 4.05. The van der Waals surface area contributed by atoms with Gasteiger partial charge in [0.15, 0.2) is 5.54 Å². The van der Waals surface area contributed by atoms with Gasteiger partial charge in [0.2, 0.25) is 0 Å². The molecule has 1 atom stereocenters. The monoisotopic (exact) mass is 95.0 g/mol. The Morgan fingerprint density at radius 2 is 2.43 bits per heavy atom. The van der Waals surface area contributed by atoms with Crippen molar-refractivity contribution in [2.75, 3.05) is 6.54 Å². The third kappa shape index (κ3) is 0.477. The Bertz CT molecular complexity index is 144. The van der Waals surface area contributed by atoms with E-state index in [0.29, 0.717) is 6.54 Å². The fraction of sp³-hybridized carbons (Fsp3) is 0.750. The lowest BCUT2D eigenvalue weighted by Gasteiger charge is -2.17. The van der Waals surface area contributed by atoms with E-state index < -0.39 is 5.54 Å². The summed E-state index contributed by atoms with van der Waals surface area (Å²) in [6.45, 7) is 2.34. The van der Waals surface area contributed by atoms with Crippen molar-refractivity contribution in [1.29, 1.82) is 5.26 Å². The molecular formula is C4H5N3. The molecule has 1 aliphatic heterocycles. The van der Waals surface area contributed by atoms with Gasteiger partial charge < -0.3 is 0 Å². The minimum Gasteiger partial charge on any atom is -0.195 e. The molecule has 0 spiro atoms. The lowest BCUT2D eigenvalue weighted by Crippen LogP contribution is -2.29. The maximum atomic E-state index is 8.24. The van der Waals surface area contributed by atoms with Crippen molar-refractivity contribution in [3.05, 3.63) is 0 Å². The normalized spacial score (nSPS) is 36.6. The van der Waals surface area contributed by atoms with Crippen LogP contribution < -0.4 is 0 Å². The van der Waals surface area contributed by atoms with Crippen molar-refractivity contribution in [3.8, 4) is 6.07 Å². The lowest BCUT2D eigenvalue weighted by atomic mass is 10.1. The molecule has 3 nitrogen and oxygen atoms in total. The first-order valence-electron chi connectivity index (χ1n) is 2.07. The SMILES string of the molecule is CC1(C#N)CN=N1. The molecule has 0 saturated carbocycles. The predicted molar refractivity (Wildman–Crippen MR) is 23.7 cm³/mol. The van der Waals surface area contributed by atoms with Crippen LogP contribution >= 0.6 is 0 Å². The Morgan fingerprint density at radius 1 is 1.86 bits per heavy atom. The van der Waals surface area contributed by atoms with Crippen LogP contribution in [0.15, 0.2) is 10.2 Å². The molecule has 1 unspecified atom stereocenters. The first kappa shape index (κ1) is 4.25. The van der Waals surface area contributed by atoms with E-state index in [4.69, 9.17) is 5.26 Å². The van der Waals surface area contributed by atoms with Gasteiger partial charge in [-0.15, -0.1) is 0 Å². The van der Waals surface area contributed by atoms with Gasteiger partial charge in [0.25, 0.3) is 0 Å². The van der Waals surface area contributed by atoms with Gasteiger partial charge in [-0.25, -0.2) is 0 Å². The third-order valence-electron chi connectivity index (χ3n) is 0.911. The van der Waals surface area contributed by atoms with E-state index in [1.165, 1.54) is 0 Å². The fourth-order valence-corrected chi connectivity index (χ4v) is 0.341. The molecule has 0 aromatic carbocycles. The van der Waals surface area contributed by atoms with Crippen molar-refractivity contribution >= 4 is 0 Å². The van der Waals surface area contributed by atoms with Crippen molar-refractivity contribution in [3.63, 3.8) is 0 Å². The summed E-state index contributed by atoms with van der Waals surface area (Å²) in [6.07, 6.45) is 0. The summed E-state index contributed by atoms with van der Waals surface area (Å²) in [5, 5.41) is 15.4. The molecule has 0 fully saturated rings. The average Bonchev–Trinajstić information content (AvgIpc) is 1.61. The Hall–Kier alpha value is -0.910. The molecule has 0 N–H and O–H groups in total. The van der Waals surface area contributed by atoms with E-state index in [0.717, 1.165) is 0 Å². The van der Waals surface area contributed by atoms with Crippen LogP contribution in [0.4, 0.5) is 0 Å². The molecule has 1 heterocycles. The smallest absolute Gasteiger partial charge is 0.185 e. The maximum absolute atomic E-state index is 8.24. The van der Waals surface area contributed by atoms with E-state index in [9.17, 15) is 0 Å². The van der Waals surface area contributed by atoms with E-state index >= 15 is 0 Å². The molecule has 1 aliphatic rings. The quantitative estimate of drug-likeness (QED) is 0.437. The number of hydrogen-bond acceptors (Lipinski definition) is 3. The molecule has 3 heteroatoms. The van der Waals surface area contributed by atoms with E-state index in [1.54, 1.807) is 6.92 Å². The molecule has 0 bridgehead atoms. The number of nitriles is 1. The highest BCUT2D eigenvalue weighted by Crippen LogP contribution is 2.17. The fourth-order valence-electron chi connectivity index (χ4n) is 0.341. The van der Waals surface area contributed by atoms with Gasteiger partial charge in [-0.1, -0.05) is 0 Å². The highest BCUT2D eigenvalue weighted by atomic mass is 15.2. The van der Waals surface area contributed by atoms with Crippen LogP contribution in [0.5, 0.6) is 0 Å². The van der Waals surface area contributed by atoms with Crippen LogP contribution in [-0.2, 0) is 0 Å². The molecular weight excluding hydrogens is 90.1 g/mol. The second kappa shape index (κ2) is 1.03. The van der Waals surface area contributed by atoms with Crippen molar-refractivity contribution in [2.45, 2.75) is 12.5 Å². The second-order valence-corrected chi connectivity index (χ2v) is 1.79. The Balaban J connectivity index is 2.70. The molecule has 7 heavy (non-hydrogen) atoms. The first-order chi connectivity index (χ1) is 3.27. The highest BCUT2D eigenvalue weighted by molar-refractivity contribution is 5.08. The van der Waals surface area contributed by atoms with E-state index in [2.05, 4.69) is 10.2 Å². The van der Waals surface area contributed by atoms with E-state index in [1.807, 2.05) is 6.07 Å². The summed E-state index contributed by atoms with van der Waals surface area (Å²) in [4.78, 5) is 0. The minimum atomic E-state index is -0.472. The van der Waals surface area contributed by atoms with Gasteiger partial charge in [-0.3, -0.25) is 0 Å². The summed E-state index contributed by atoms with van der Waals surface area (Å²) < 4.78 is 0. The molecule has 1 rings (SSSR count). The van der Waals surface area contributed by atoms with Crippen LogP contribution in [0.1, 0.15) is 6.92 Å². The lowest BCUT2D eigenvalue weighted by molar-refractivity contribution is 0.471. The number of azo groups is 1. The molecule has 36 valence electrons. The molecule has 0 amide bonds. The molecule has 0 saturated heterocycles. The average molecular weight is 95.1 g/mol. The molecule has 0 aromatic heterocycles. The Labute approximate surface area is 41.7 Å². The Kier molecular flexibility index (Phi) is 0.626. The number of rotatable bonds is 0. The van der Waals surface area contributed by atoms with Gasteiger partial charge in [0, 0.05) is 0 Å². The third-order valence-corrected chi connectivity index (χ3v) is 0.911. The minimum absolute atomic E-state index is 0.472. The van der Waals surface area contributed by atoms with E-state index in [-0.39, 0.29) is 0 Å². The number of hydrogen-bond donors (Lipinski definition) is 0. The van der Waals surface area contributed by atoms with Gasteiger partial charge in [-0.2, -0.15) is 15.5 Å². The summed E-state index contributed by atoms with van der Waals surface area (Å²) in [5.41, 5.74) is -0.472. The van der Waals surface area contributed by atoms with Crippen molar-refractivity contribution < 1.29 is 0 Å². The Morgan fingerprint density at radius 3 is 2.43 bits per heavy atom. The van der Waals surface area contributed by atoms with Crippen LogP contribution in [0, 0.1) is 11.3 Å². The van der Waals surface area contributed by atoms with Crippen LogP contribution in [-0.4, -0.2) is 12.1 Å². The molecule has 0 aliphatic carbocycles. The largest absolute Gasteiger partial charge is 0.195 e. The zero-order valence-electron chi connectivity index (χ0n) is 4.05. The standard InChI is InChI=1S/C4H5N3/c1-4(2-5)3-6-7-4/h3H2,1H3. The molecule has 0 aromatic rings. The summed E-state index contributed by atoms with van der Waals surface area (Å²) in [6, 6.07) is 2.02. The first-order valence-corrected chi connectivity index (χ1v) is 2.07. The van der Waals surface area contributed by atoms with Gasteiger partial charge in [-0.05, 0) is 6.92 Å². The zero-order chi connectivity index (χ0) is 5.33.